The van der Waals surface area contributed by atoms with Crippen LogP contribution in [-0.2, 0) is 5.41 Å². The Labute approximate surface area is 278 Å². The molecule has 9 aromatic rings. The van der Waals surface area contributed by atoms with Crippen molar-refractivity contribution in [1.29, 1.82) is 0 Å². The Kier molecular flexibility index (Phi) is 4.47. The van der Waals surface area contributed by atoms with Gasteiger partial charge in [0.25, 0.3) is 0 Å². The largest absolute Gasteiger partial charge is 0.309 e. The van der Waals surface area contributed by atoms with Crippen molar-refractivity contribution in [2.45, 2.75) is 5.41 Å². The summed E-state index contributed by atoms with van der Waals surface area (Å²) in [7, 11) is 0. The van der Waals surface area contributed by atoms with E-state index in [0.29, 0.717) is 0 Å². The molecular formula is C47H27N. The van der Waals surface area contributed by atoms with E-state index in [2.05, 4.69) is 168 Å². The van der Waals surface area contributed by atoms with Gasteiger partial charge in [0.15, 0.2) is 0 Å². The van der Waals surface area contributed by atoms with Gasteiger partial charge < -0.3 is 4.57 Å². The van der Waals surface area contributed by atoms with Gasteiger partial charge in [-0.2, -0.15) is 0 Å². The normalized spacial score (nSPS) is 14.0. The van der Waals surface area contributed by atoms with Gasteiger partial charge in [-0.15, -0.1) is 0 Å². The molecule has 1 heteroatoms. The van der Waals surface area contributed by atoms with Crippen LogP contribution in [0.5, 0.6) is 0 Å². The van der Waals surface area contributed by atoms with Gasteiger partial charge in [-0.25, -0.2) is 0 Å². The SMILES string of the molecule is c1ccc2c(c1)-c1cccc3c(-n4c5ccccc5c5cc6c(cc54)C4(c5ccccc5-c5ccccc54)c4ccccc4-6)ccc-2c13. The smallest absolute Gasteiger partial charge is 0.0726 e. The highest BCUT2D eigenvalue weighted by Gasteiger charge is 2.51. The molecule has 1 aromatic heterocycles. The summed E-state index contributed by atoms with van der Waals surface area (Å²) in [5, 5.41) is 5.22. The molecule has 3 aliphatic carbocycles. The number of hydrogen-bond donors (Lipinski definition) is 0. The highest BCUT2D eigenvalue weighted by Crippen LogP contribution is 2.63. The fourth-order valence-electron chi connectivity index (χ4n) is 9.80. The summed E-state index contributed by atoms with van der Waals surface area (Å²) >= 11 is 0. The zero-order valence-electron chi connectivity index (χ0n) is 26.0. The first kappa shape index (κ1) is 25.0. The van der Waals surface area contributed by atoms with Gasteiger partial charge in [-0.1, -0.05) is 140 Å². The van der Waals surface area contributed by atoms with Gasteiger partial charge >= 0.3 is 0 Å². The van der Waals surface area contributed by atoms with Crippen LogP contribution in [0.25, 0.3) is 82.8 Å². The van der Waals surface area contributed by atoms with E-state index in [1.165, 1.54) is 105 Å². The molecule has 1 spiro atoms. The van der Waals surface area contributed by atoms with Crippen molar-refractivity contribution in [1.82, 2.24) is 4.57 Å². The average Bonchev–Trinajstić information content (AvgIpc) is 3.84. The molecule has 0 N–H and O–H groups in total. The van der Waals surface area contributed by atoms with Crippen molar-refractivity contribution in [3.63, 3.8) is 0 Å². The average molecular weight is 606 g/mol. The van der Waals surface area contributed by atoms with E-state index < -0.39 is 0 Å². The molecule has 0 aliphatic heterocycles. The maximum absolute atomic E-state index is 2.54. The predicted octanol–water partition coefficient (Wildman–Crippen LogP) is 11.9. The van der Waals surface area contributed by atoms with Crippen molar-refractivity contribution >= 4 is 32.6 Å². The summed E-state index contributed by atoms with van der Waals surface area (Å²) in [5.41, 5.74) is 19.5. The molecule has 0 bridgehead atoms. The van der Waals surface area contributed by atoms with E-state index in [4.69, 9.17) is 0 Å². The molecule has 0 unspecified atom stereocenters. The van der Waals surface area contributed by atoms with E-state index in [1.54, 1.807) is 0 Å². The summed E-state index contributed by atoms with van der Waals surface area (Å²) in [6.07, 6.45) is 0. The van der Waals surface area contributed by atoms with Crippen LogP contribution in [-0.4, -0.2) is 4.57 Å². The molecule has 8 aromatic carbocycles. The molecule has 3 aliphatic rings. The number of rotatable bonds is 1. The predicted molar refractivity (Wildman–Crippen MR) is 199 cm³/mol. The monoisotopic (exact) mass is 605 g/mol. The third-order valence-electron chi connectivity index (χ3n) is 11.6. The molecule has 0 amide bonds. The van der Waals surface area contributed by atoms with E-state index in [1.807, 2.05) is 0 Å². The summed E-state index contributed by atoms with van der Waals surface area (Å²) in [4.78, 5) is 0. The standard InChI is InChI=1S/C47H27N/c1-2-13-29-28(12-1)34-18-11-19-36-44(25-24-35(29)46(34)36)48-43-23-10-6-17-33(43)38-26-37-32-16-5-9-22-41(32)47(42(37)27-45(38)48)39-20-7-3-14-30(39)31-15-4-8-21-40(31)47/h1-27H. The molecule has 220 valence electrons. The second kappa shape index (κ2) is 8.59. The second-order valence-electron chi connectivity index (χ2n) is 13.6. The number of para-hydroxylation sites is 1. The molecule has 1 heterocycles. The van der Waals surface area contributed by atoms with E-state index >= 15 is 0 Å². The van der Waals surface area contributed by atoms with Crippen molar-refractivity contribution in [3.8, 4) is 50.2 Å². The quantitative estimate of drug-likeness (QED) is 0.175. The molecule has 0 saturated carbocycles. The van der Waals surface area contributed by atoms with Crippen LogP contribution < -0.4 is 0 Å². The lowest BCUT2D eigenvalue weighted by atomic mass is 9.70. The highest BCUT2D eigenvalue weighted by atomic mass is 15.0. The lowest BCUT2D eigenvalue weighted by Crippen LogP contribution is -2.25. The molecule has 12 rings (SSSR count). The lowest BCUT2D eigenvalue weighted by molar-refractivity contribution is 0.794. The van der Waals surface area contributed by atoms with Crippen molar-refractivity contribution in [2.75, 3.05) is 0 Å². The summed E-state index contributed by atoms with van der Waals surface area (Å²) in [5.74, 6) is 0. The van der Waals surface area contributed by atoms with E-state index in [-0.39, 0.29) is 5.41 Å². The Morgan fingerprint density at radius 2 is 0.833 bits per heavy atom. The second-order valence-corrected chi connectivity index (χ2v) is 13.6. The zero-order chi connectivity index (χ0) is 31.1. The maximum atomic E-state index is 2.54. The first-order chi connectivity index (χ1) is 23.8. The number of hydrogen-bond acceptors (Lipinski definition) is 0. The summed E-state index contributed by atoms with van der Waals surface area (Å²) in [6, 6.07) is 61.7. The molecule has 0 radical (unpaired) electrons. The first-order valence-electron chi connectivity index (χ1n) is 16.9. The minimum absolute atomic E-state index is 0.377. The van der Waals surface area contributed by atoms with Gasteiger partial charge in [-0.3, -0.25) is 0 Å². The molecule has 0 fully saturated rings. The van der Waals surface area contributed by atoms with Crippen LogP contribution in [0.4, 0.5) is 0 Å². The Bertz CT molecular complexity index is 2830. The third-order valence-corrected chi connectivity index (χ3v) is 11.6. The fraction of sp³-hybridized carbons (Fsp3) is 0.0213. The van der Waals surface area contributed by atoms with Crippen LogP contribution in [0.1, 0.15) is 22.3 Å². The van der Waals surface area contributed by atoms with Crippen LogP contribution >= 0.6 is 0 Å². The summed E-state index contributed by atoms with van der Waals surface area (Å²) < 4.78 is 2.54. The van der Waals surface area contributed by atoms with Crippen molar-refractivity contribution < 1.29 is 0 Å². The number of benzene rings is 8. The number of aromatic nitrogens is 1. The van der Waals surface area contributed by atoms with Crippen molar-refractivity contribution in [2.24, 2.45) is 0 Å². The van der Waals surface area contributed by atoms with Crippen LogP contribution in [0.2, 0.25) is 0 Å². The van der Waals surface area contributed by atoms with E-state index in [0.717, 1.165) is 0 Å². The zero-order valence-corrected chi connectivity index (χ0v) is 26.0. The van der Waals surface area contributed by atoms with Gasteiger partial charge in [0.1, 0.15) is 0 Å². The highest BCUT2D eigenvalue weighted by molar-refractivity contribution is 6.19. The minimum atomic E-state index is -0.377. The van der Waals surface area contributed by atoms with Crippen LogP contribution in [0, 0.1) is 0 Å². The molecule has 48 heavy (non-hydrogen) atoms. The van der Waals surface area contributed by atoms with Gasteiger partial charge in [0, 0.05) is 16.2 Å². The maximum Gasteiger partial charge on any atom is 0.0726 e. The molecular weight excluding hydrogens is 579 g/mol. The lowest BCUT2D eigenvalue weighted by Gasteiger charge is -2.30. The number of nitrogens with zero attached hydrogens (tertiary/aromatic N) is 1. The Morgan fingerprint density at radius 3 is 1.52 bits per heavy atom. The Morgan fingerprint density at radius 1 is 0.312 bits per heavy atom. The van der Waals surface area contributed by atoms with Crippen molar-refractivity contribution in [3.05, 3.63) is 186 Å². The summed E-state index contributed by atoms with van der Waals surface area (Å²) in [6.45, 7) is 0. The van der Waals surface area contributed by atoms with Crippen LogP contribution in [0.3, 0.4) is 0 Å². The van der Waals surface area contributed by atoms with Gasteiger partial charge in [-0.05, 0) is 96.4 Å². The third kappa shape index (κ3) is 2.75. The number of fused-ring (bicyclic) bond motifs is 16. The Hall–Kier alpha value is -6.18. The topological polar surface area (TPSA) is 4.93 Å². The molecule has 1 nitrogen and oxygen atoms in total. The fourth-order valence-corrected chi connectivity index (χ4v) is 9.80. The van der Waals surface area contributed by atoms with Crippen LogP contribution in [0.15, 0.2) is 164 Å². The molecule has 0 saturated heterocycles. The van der Waals surface area contributed by atoms with Gasteiger partial charge in [0.2, 0.25) is 0 Å². The minimum Gasteiger partial charge on any atom is -0.309 e. The first-order valence-corrected chi connectivity index (χ1v) is 16.9. The molecule has 0 atom stereocenters. The van der Waals surface area contributed by atoms with Gasteiger partial charge in [0.05, 0.1) is 22.1 Å². The Balaban J connectivity index is 1.24. The van der Waals surface area contributed by atoms with E-state index in [9.17, 15) is 0 Å².